The number of carbonyl (C=O) groups excluding carboxylic acids is 1. The maximum Gasteiger partial charge on any atom is 0.231 e. The molecule has 0 radical (unpaired) electrons. The van der Waals surface area contributed by atoms with Gasteiger partial charge in [-0.05, 0) is 30.2 Å². The number of anilines is 1. The Hall–Kier alpha value is -2.86. The van der Waals surface area contributed by atoms with E-state index in [1.165, 1.54) is 6.33 Å². The van der Waals surface area contributed by atoms with Gasteiger partial charge in [-0.15, -0.1) is 0 Å². The lowest BCUT2D eigenvalue weighted by molar-refractivity contribution is -0.119. The van der Waals surface area contributed by atoms with Gasteiger partial charge < -0.3 is 4.74 Å². The molecular formula is C21H21ClN4O2. The summed E-state index contributed by atoms with van der Waals surface area (Å²) >= 11 is 6.08. The van der Waals surface area contributed by atoms with E-state index in [2.05, 4.69) is 10.1 Å². The normalized spacial score (nSPS) is 18.6. The largest absolute Gasteiger partial charge is 0.496 e. The van der Waals surface area contributed by atoms with E-state index in [1.54, 1.807) is 12.0 Å². The number of benzene rings is 2. The molecule has 6 nitrogen and oxygen atoms in total. The van der Waals surface area contributed by atoms with Crippen molar-refractivity contribution < 1.29 is 9.53 Å². The molecule has 2 unspecified atom stereocenters. The number of aromatic nitrogens is 3. The summed E-state index contributed by atoms with van der Waals surface area (Å²) in [5, 5.41) is 5.10. The van der Waals surface area contributed by atoms with E-state index in [1.807, 2.05) is 60.1 Å². The summed E-state index contributed by atoms with van der Waals surface area (Å²) in [6.45, 7) is 1.86. The first-order valence-corrected chi connectivity index (χ1v) is 9.61. The number of carbonyl (C=O) groups is 1. The lowest BCUT2D eigenvalue weighted by Gasteiger charge is -2.39. The molecule has 1 aromatic heterocycles. The first kappa shape index (κ1) is 18.5. The summed E-state index contributed by atoms with van der Waals surface area (Å²) in [7, 11) is 1.66. The van der Waals surface area contributed by atoms with Crippen LogP contribution in [0.1, 0.15) is 43.0 Å². The number of rotatable bonds is 4. The summed E-state index contributed by atoms with van der Waals surface area (Å²) < 4.78 is 7.40. The smallest absolute Gasteiger partial charge is 0.231 e. The van der Waals surface area contributed by atoms with Crippen molar-refractivity contribution in [1.29, 1.82) is 0 Å². The number of ether oxygens (including phenoxy) is 1. The fourth-order valence-corrected chi connectivity index (χ4v) is 3.94. The number of methoxy groups -OCH3 is 1. The van der Waals surface area contributed by atoms with Gasteiger partial charge in [0.05, 0.1) is 19.2 Å². The molecule has 7 heteroatoms. The highest BCUT2D eigenvalue weighted by atomic mass is 35.5. The highest BCUT2D eigenvalue weighted by Gasteiger charge is 2.39. The Kier molecular flexibility index (Phi) is 5.05. The highest BCUT2D eigenvalue weighted by molar-refractivity contribution is 6.30. The van der Waals surface area contributed by atoms with Crippen molar-refractivity contribution in [2.45, 2.75) is 31.8 Å². The van der Waals surface area contributed by atoms with Crippen LogP contribution in [-0.4, -0.2) is 27.8 Å². The van der Waals surface area contributed by atoms with Crippen molar-refractivity contribution in [2.24, 2.45) is 0 Å². The third kappa shape index (κ3) is 3.14. The fourth-order valence-electron chi connectivity index (χ4n) is 3.82. The van der Waals surface area contributed by atoms with E-state index in [0.717, 1.165) is 16.9 Å². The van der Waals surface area contributed by atoms with Crippen molar-refractivity contribution >= 4 is 23.5 Å². The van der Waals surface area contributed by atoms with Gasteiger partial charge in [-0.2, -0.15) is 10.1 Å². The molecule has 1 aliphatic heterocycles. The van der Waals surface area contributed by atoms with Crippen molar-refractivity contribution in [3.63, 3.8) is 0 Å². The van der Waals surface area contributed by atoms with Gasteiger partial charge in [0, 0.05) is 17.0 Å². The Balaban J connectivity index is 1.86. The quantitative estimate of drug-likeness (QED) is 0.655. The molecule has 28 heavy (non-hydrogen) atoms. The van der Waals surface area contributed by atoms with Crippen molar-refractivity contribution in [3.8, 4) is 5.75 Å². The molecule has 1 amide bonds. The minimum Gasteiger partial charge on any atom is -0.496 e. The van der Waals surface area contributed by atoms with Gasteiger partial charge in [0.2, 0.25) is 11.9 Å². The monoisotopic (exact) mass is 396 g/mol. The lowest BCUT2D eigenvalue weighted by Crippen LogP contribution is -2.42. The first-order chi connectivity index (χ1) is 13.6. The molecule has 1 aliphatic rings. The molecule has 4 rings (SSSR count). The predicted octanol–water partition coefficient (Wildman–Crippen LogP) is 4.42. The molecule has 0 saturated carbocycles. The fraction of sp³-hybridized carbons (Fsp3) is 0.286. The molecule has 0 N–H and O–H groups in total. The van der Waals surface area contributed by atoms with Gasteiger partial charge in [-0.3, -0.25) is 9.69 Å². The molecule has 0 fully saturated rings. The highest BCUT2D eigenvalue weighted by Crippen LogP contribution is 2.44. The molecule has 0 saturated heterocycles. The predicted molar refractivity (Wildman–Crippen MR) is 108 cm³/mol. The standard InChI is InChI=1S/C21H21ClN4O2/c1-3-20(27)25-17(14-8-10-15(22)11-9-14)12-18(26-21(25)23-13-24-26)16-6-4-5-7-19(16)28-2/h4-11,13,17-18H,3,12H2,1-2H3. The molecule has 3 aromatic rings. The third-order valence-corrected chi connectivity index (χ3v) is 5.40. The molecule has 2 aromatic carbocycles. The Morgan fingerprint density at radius 3 is 2.64 bits per heavy atom. The van der Waals surface area contributed by atoms with Crippen LogP contribution < -0.4 is 9.64 Å². The van der Waals surface area contributed by atoms with Gasteiger partial charge >= 0.3 is 0 Å². The molecule has 2 heterocycles. The van der Waals surface area contributed by atoms with Crippen LogP contribution >= 0.6 is 11.6 Å². The second-order valence-corrected chi connectivity index (χ2v) is 7.12. The number of amides is 1. The van der Waals surface area contributed by atoms with Crippen LogP contribution in [0.3, 0.4) is 0 Å². The van der Waals surface area contributed by atoms with Gasteiger partial charge in [-0.1, -0.05) is 48.9 Å². The van der Waals surface area contributed by atoms with Crippen LogP contribution in [0.5, 0.6) is 5.75 Å². The molecule has 0 bridgehead atoms. The summed E-state index contributed by atoms with van der Waals surface area (Å²) in [5.74, 6) is 1.35. The zero-order chi connectivity index (χ0) is 19.7. The van der Waals surface area contributed by atoms with Crippen LogP contribution in [0.2, 0.25) is 5.02 Å². The molecular weight excluding hydrogens is 376 g/mol. The number of nitrogens with zero attached hydrogens (tertiary/aromatic N) is 4. The molecule has 0 spiro atoms. The van der Waals surface area contributed by atoms with Crippen LogP contribution in [0.4, 0.5) is 5.95 Å². The Labute approximate surface area is 168 Å². The molecule has 2 atom stereocenters. The Bertz CT molecular complexity index is 986. The van der Waals surface area contributed by atoms with E-state index in [0.29, 0.717) is 23.8 Å². The maximum atomic E-state index is 12.8. The van der Waals surface area contributed by atoms with E-state index in [4.69, 9.17) is 16.3 Å². The zero-order valence-corrected chi connectivity index (χ0v) is 16.5. The van der Waals surface area contributed by atoms with Gasteiger partial charge in [-0.25, -0.2) is 4.68 Å². The molecule has 144 valence electrons. The first-order valence-electron chi connectivity index (χ1n) is 9.24. The Morgan fingerprint density at radius 1 is 1.18 bits per heavy atom. The van der Waals surface area contributed by atoms with Gasteiger partial charge in [0.1, 0.15) is 12.1 Å². The summed E-state index contributed by atoms with van der Waals surface area (Å²) in [6.07, 6.45) is 2.54. The average molecular weight is 397 g/mol. The average Bonchev–Trinajstić information content (AvgIpc) is 3.22. The second-order valence-electron chi connectivity index (χ2n) is 6.68. The molecule has 0 aliphatic carbocycles. The summed E-state index contributed by atoms with van der Waals surface area (Å²) in [6, 6.07) is 15.3. The minimum absolute atomic E-state index is 0.00711. The number of fused-ring (bicyclic) bond motifs is 1. The lowest BCUT2D eigenvalue weighted by atomic mass is 9.91. The zero-order valence-electron chi connectivity index (χ0n) is 15.7. The van der Waals surface area contributed by atoms with Gasteiger partial charge in [0.15, 0.2) is 0 Å². The Morgan fingerprint density at radius 2 is 1.93 bits per heavy atom. The van der Waals surface area contributed by atoms with Crippen LogP contribution in [-0.2, 0) is 4.79 Å². The van der Waals surface area contributed by atoms with E-state index < -0.39 is 0 Å². The third-order valence-electron chi connectivity index (χ3n) is 5.15. The van der Waals surface area contributed by atoms with Gasteiger partial charge in [0.25, 0.3) is 0 Å². The van der Waals surface area contributed by atoms with Crippen LogP contribution in [0.25, 0.3) is 0 Å². The second kappa shape index (κ2) is 7.64. The maximum absolute atomic E-state index is 12.8. The van der Waals surface area contributed by atoms with Crippen molar-refractivity contribution in [2.75, 3.05) is 12.0 Å². The number of hydrogen-bond acceptors (Lipinski definition) is 4. The number of para-hydroxylation sites is 1. The van der Waals surface area contributed by atoms with Crippen LogP contribution in [0, 0.1) is 0 Å². The minimum atomic E-state index is -0.170. The van der Waals surface area contributed by atoms with E-state index in [-0.39, 0.29) is 18.0 Å². The summed E-state index contributed by atoms with van der Waals surface area (Å²) in [4.78, 5) is 19.0. The van der Waals surface area contributed by atoms with Crippen LogP contribution in [0.15, 0.2) is 54.9 Å². The topological polar surface area (TPSA) is 60.2 Å². The van der Waals surface area contributed by atoms with E-state index in [9.17, 15) is 4.79 Å². The van der Waals surface area contributed by atoms with Crippen molar-refractivity contribution in [3.05, 3.63) is 71.0 Å². The summed E-state index contributed by atoms with van der Waals surface area (Å²) in [5.41, 5.74) is 2.03. The SMILES string of the molecule is CCC(=O)N1c2ncnn2C(c2ccccc2OC)CC1c1ccc(Cl)cc1. The van der Waals surface area contributed by atoms with Crippen molar-refractivity contribution in [1.82, 2.24) is 14.8 Å². The van der Waals surface area contributed by atoms with E-state index >= 15 is 0 Å². The number of hydrogen-bond donors (Lipinski definition) is 0. The number of halogens is 1.